The minimum absolute atomic E-state index is 0.0186. The van der Waals surface area contributed by atoms with E-state index >= 15 is 0 Å². The molecule has 0 bridgehead atoms. The molecule has 5 heteroatoms. The molecule has 0 heterocycles. The molecule has 0 fully saturated rings. The molecule has 0 spiro atoms. The number of amides is 1. The van der Waals surface area contributed by atoms with E-state index in [-0.39, 0.29) is 12.6 Å². The largest absolute Gasteiger partial charge is 0.370 e. The lowest BCUT2D eigenvalue weighted by Gasteiger charge is -2.10. The van der Waals surface area contributed by atoms with E-state index in [2.05, 4.69) is 6.92 Å². The van der Waals surface area contributed by atoms with Gasteiger partial charge in [0.05, 0.1) is 0 Å². The van der Waals surface area contributed by atoms with Crippen LogP contribution in [0, 0.1) is 0 Å². The van der Waals surface area contributed by atoms with Crippen molar-refractivity contribution in [3.05, 3.63) is 0 Å². The third kappa shape index (κ3) is 12.1. The fraction of sp³-hybridized carbons (Fsp3) is 0.923. The molecule has 0 aromatic rings. The molecule has 4 nitrogen and oxygen atoms in total. The molecular formula is C13H28NO3P. The highest BCUT2D eigenvalue weighted by Gasteiger charge is 2.17. The summed E-state index contributed by atoms with van der Waals surface area (Å²) in [5.74, 6) is -0.500. The highest BCUT2D eigenvalue weighted by molar-refractivity contribution is 7.58. The molecule has 0 rings (SSSR count). The number of carbonyl (C=O) groups is 1. The Hall–Kier alpha value is -0.340. The van der Waals surface area contributed by atoms with Crippen LogP contribution >= 0.6 is 7.37 Å². The molecule has 0 aromatic carbocycles. The topological polar surface area (TPSA) is 80.4 Å². The zero-order chi connectivity index (χ0) is 13.9. The Labute approximate surface area is 111 Å². The van der Waals surface area contributed by atoms with Crippen molar-refractivity contribution in [1.82, 2.24) is 0 Å². The first-order chi connectivity index (χ1) is 8.48. The van der Waals surface area contributed by atoms with Crippen LogP contribution in [-0.2, 0) is 9.36 Å². The Balaban J connectivity index is 3.41. The summed E-state index contributed by atoms with van der Waals surface area (Å²) in [6, 6.07) is 0. The Morgan fingerprint density at radius 1 is 1.00 bits per heavy atom. The predicted octanol–water partition coefficient (Wildman–Crippen LogP) is 3.27. The van der Waals surface area contributed by atoms with Gasteiger partial charge in [0.25, 0.3) is 0 Å². The minimum atomic E-state index is -3.11. The number of primary amides is 1. The molecule has 0 saturated carbocycles. The van der Waals surface area contributed by atoms with Crippen molar-refractivity contribution < 1.29 is 14.3 Å². The standard InChI is InChI=1S/C13H28NO3P/c1-2-3-4-5-6-7-8-9-11-18(16,17)12-10-13(14)15/h2-12H2,1H3,(H2,14,15)(H,16,17). The second-order valence-electron chi connectivity index (χ2n) is 4.98. The molecule has 0 aromatic heterocycles. The number of carbonyl (C=O) groups excluding carboxylic acids is 1. The van der Waals surface area contributed by atoms with Gasteiger partial charge in [0.2, 0.25) is 13.3 Å². The van der Waals surface area contributed by atoms with Gasteiger partial charge < -0.3 is 10.6 Å². The van der Waals surface area contributed by atoms with Gasteiger partial charge >= 0.3 is 0 Å². The lowest BCUT2D eigenvalue weighted by molar-refractivity contribution is -0.117. The molecule has 18 heavy (non-hydrogen) atoms. The van der Waals surface area contributed by atoms with Crippen molar-refractivity contribution >= 4 is 13.3 Å². The predicted molar refractivity (Wildman–Crippen MR) is 76.0 cm³/mol. The molecule has 1 atom stereocenters. The summed E-state index contributed by atoms with van der Waals surface area (Å²) < 4.78 is 11.6. The van der Waals surface area contributed by atoms with Gasteiger partial charge in [0.15, 0.2) is 0 Å². The smallest absolute Gasteiger partial charge is 0.217 e. The summed E-state index contributed by atoms with van der Waals surface area (Å²) >= 11 is 0. The van der Waals surface area contributed by atoms with Gasteiger partial charge in [-0.1, -0.05) is 51.9 Å². The van der Waals surface area contributed by atoms with Crippen LogP contribution in [0.2, 0.25) is 0 Å². The monoisotopic (exact) mass is 277 g/mol. The Kier molecular flexibility index (Phi) is 10.4. The van der Waals surface area contributed by atoms with Gasteiger partial charge in [0, 0.05) is 18.7 Å². The zero-order valence-corrected chi connectivity index (χ0v) is 12.5. The van der Waals surface area contributed by atoms with Gasteiger partial charge in [-0.25, -0.2) is 0 Å². The molecule has 108 valence electrons. The molecule has 3 N–H and O–H groups in total. The zero-order valence-electron chi connectivity index (χ0n) is 11.6. The van der Waals surface area contributed by atoms with Crippen molar-refractivity contribution in [3.8, 4) is 0 Å². The number of rotatable bonds is 12. The van der Waals surface area contributed by atoms with E-state index in [1.807, 2.05) is 0 Å². The first-order valence-corrected chi connectivity index (χ1v) is 9.10. The van der Waals surface area contributed by atoms with Crippen LogP contribution in [0.4, 0.5) is 0 Å². The van der Waals surface area contributed by atoms with Crippen LogP contribution < -0.4 is 5.73 Å². The Bertz CT molecular complexity index is 269. The van der Waals surface area contributed by atoms with Gasteiger partial charge in [-0.2, -0.15) is 0 Å². The average Bonchev–Trinajstić information content (AvgIpc) is 2.30. The third-order valence-corrected chi connectivity index (χ3v) is 5.01. The average molecular weight is 277 g/mol. The number of unbranched alkanes of at least 4 members (excludes halogenated alkanes) is 7. The van der Waals surface area contributed by atoms with E-state index in [1.54, 1.807) is 0 Å². The van der Waals surface area contributed by atoms with Gasteiger partial charge in [-0.15, -0.1) is 0 Å². The summed E-state index contributed by atoms with van der Waals surface area (Å²) in [6.45, 7) is 2.20. The number of hydrogen-bond acceptors (Lipinski definition) is 2. The van der Waals surface area contributed by atoms with Crippen molar-refractivity contribution in [2.24, 2.45) is 5.73 Å². The molecule has 0 radical (unpaired) electrons. The summed E-state index contributed by atoms with van der Waals surface area (Å²) in [5, 5.41) is 0. The maximum atomic E-state index is 11.6. The van der Waals surface area contributed by atoms with Crippen molar-refractivity contribution in [2.45, 2.75) is 64.7 Å². The number of hydrogen-bond donors (Lipinski definition) is 2. The summed E-state index contributed by atoms with van der Waals surface area (Å²) in [5.41, 5.74) is 4.96. The Morgan fingerprint density at radius 2 is 1.50 bits per heavy atom. The van der Waals surface area contributed by atoms with Crippen molar-refractivity contribution in [1.29, 1.82) is 0 Å². The maximum absolute atomic E-state index is 11.6. The third-order valence-electron chi connectivity index (χ3n) is 3.07. The van der Waals surface area contributed by atoms with E-state index in [9.17, 15) is 14.3 Å². The van der Waals surface area contributed by atoms with E-state index < -0.39 is 13.3 Å². The Morgan fingerprint density at radius 3 is 2.00 bits per heavy atom. The number of nitrogens with two attached hydrogens (primary N) is 1. The summed E-state index contributed by atoms with van der Waals surface area (Å²) in [7, 11) is -3.11. The van der Waals surface area contributed by atoms with Crippen LogP contribution in [0.15, 0.2) is 0 Å². The van der Waals surface area contributed by atoms with Crippen LogP contribution in [0.1, 0.15) is 64.7 Å². The van der Waals surface area contributed by atoms with Gasteiger partial charge in [0.1, 0.15) is 0 Å². The SMILES string of the molecule is CCCCCCCCCCP(=O)(O)CCC(N)=O. The lowest BCUT2D eigenvalue weighted by Crippen LogP contribution is -2.12. The minimum Gasteiger partial charge on any atom is -0.370 e. The highest BCUT2D eigenvalue weighted by Crippen LogP contribution is 2.42. The lowest BCUT2D eigenvalue weighted by atomic mass is 10.1. The second-order valence-corrected chi connectivity index (χ2v) is 7.57. The van der Waals surface area contributed by atoms with Crippen LogP contribution in [0.5, 0.6) is 0 Å². The molecular weight excluding hydrogens is 249 g/mol. The fourth-order valence-corrected chi connectivity index (χ4v) is 3.40. The first kappa shape index (κ1) is 17.7. The molecule has 0 aliphatic carbocycles. The van der Waals surface area contributed by atoms with Crippen LogP contribution in [0.3, 0.4) is 0 Å². The van der Waals surface area contributed by atoms with Gasteiger partial charge in [-0.3, -0.25) is 9.36 Å². The van der Waals surface area contributed by atoms with Crippen molar-refractivity contribution in [3.63, 3.8) is 0 Å². The fourth-order valence-electron chi connectivity index (χ4n) is 1.89. The quantitative estimate of drug-likeness (QED) is 0.424. The van der Waals surface area contributed by atoms with E-state index in [4.69, 9.17) is 5.73 Å². The van der Waals surface area contributed by atoms with E-state index in [0.717, 1.165) is 19.3 Å². The second kappa shape index (κ2) is 10.6. The molecule has 1 amide bonds. The highest BCUT2D eigenvalue weighted by atomic mass is 31.2. The van der Waals surface area contributed by atoms with E-state index in [0.29, 0.717) is 6.16 Å². The van der Waals surface area contributed by atoms with Crippen LogP contribution in [-0.4, -0.2) is 23.1 Å². The molecule has 0 aliphatic rings. The molecule has 0 aliphatic heterocycles. The van der Waals surface area contributed by atoms with Crippen LogP contribution in [0.25, 0.3) is 0 Å². The normalized spacial score (nSPS) is 14.3. The molecule has 1 unspecified atom stereocenters. The summed E-state index contributed by atoms with van der Waals surface area (Å²) in [6.07, 6.45) is 9.66. The van der Waals surface area contributed by atoms with Gasteiger partial charge in [-0.05, 0) is 6.42 Å². The maximum Gasteiger partial charge on any atom is 0.217 e. The molecule has 0 saturated heterocycles. The van der Waals surface area contributed by atoms with Crippen molar-refractivity contribution in [2.75, 3.05) is 12.3 Å². The summed E-state index contributed by atoms with van der Waals surface area (Å²) in [4.78, 5) is 20.1. The van der Waals surface area contributed by atoms with E-state index in [1.165, 1.54) is 32.1 Å². The first-order valence-electron chi connectivity index (χ1n) is 7.07.